The molecule has 1 fully saturated rings. The van der Waals surface area contributed by atoms with E-state index in [1.165, 1.54) is 31.7 Å². The van der Waals surface area contributed by atoms with Crippen LogP contribution in [0.1, 0.15) is 73.4 Å². The second-order valence-electron chi connectivity index (χ2n) is 11.0. The average Bonchev–Trinajstić information content (AvgIpc) is 3.42. The number of aromatic nitrogens is 2. The van der Waals surface area contributed by atoms with Gasteiger partial charge in [-0.15, -0.1) is 0 Å². The molecule has 0 unspecified atom stereocenters. The quantitative estimate of drug-likeness (QED) is 0.430. The molecule has 43 heavy (non-hydrogen) atoms. The molecular weight excluding hydrogens is 576 g/mol. The molecule has 0 saturated heterocycles. The number of nitrogens with one attached hydrogen (secondary N) is 1. The molecule has 0 bridgehead atoms. The van der Waals surface area contributed by atoms with Gasteiger partial charge in [0.05, 0.1) is 18.2 Å². The molecule has 2 amide bonds. The van der Waals surface area contributed by atoms with Crippen LogP contribution in [0.3, 0.4) is 0 Å². The Balaban J connectivity index is 1.54. The molecule has 13 heteroatoms. The van der Waals surface area contributed by atoms with Crippen molar-refractivity contribution in [2.45, 2.75) is 57.9 Å². The second kappa shape index (κ2) is 12.2. The summed E-state index contributed by atoms with van der Waals surface area (Å²) in [6.07, 6.45) is 6.19. The Labute approximate surface area is 251 Å². The third-order valence-corrected chi connectivity index (χ3v) is 9.24. The molecule has 6 rings (SSSR count). The standard InChI is InChI=1S/C30H33F2N7O3S/c1-17(40)38-9-7-25-23(15-38)20-12-21(27(31)32)22(29-37-24-11-18(28(33)41)14-35-30(24)43-29)13-26(20)42-10-8-34-16-36-39(25)19-5-3-2-4-6-19/h11-14,16,19,27H,2-10,15H2,1H3,(H2,33,41)(H,34,36). The first-order chi connectivity index (χ1) is 20.8. The minimum absolute atomic E-state index is 0.0786. The van der Waals surface area contributed by atoms with E-state index in [0.717, 1.165) is 48.3 Å². The summed E-state index contributed by atoms with van der Waals surface area (Å²) >= 11 is 1.15. The van der Waals surface area contributed by atoms with E-state index < -0.39 is 12.3 Å². The summed E-state index contributed by atoms with van der Waals surface area (Å²) in [5.41, 5.74) is 11.7. The number of amides is 2. The summed E-state index contributed by atoms with van der Waals surface area (Å²) in [4.78, 5) is 39.7. The highest BCUT2D eigenvalue weighted by Gasteiger charge is 2.32. The Morgan fingerprint density at radius 3 is 2.72 bits per heavy atom. The number of pyridine rings is 1. The number of hydrogen-bond donors (Lipinski definition) is 2. The van der Waals surface area contributed by atoms with Gasteiger partial charge < -0.3 is 15.4 Å². The number of carbonyl (C=O) groups is 2. The van der Waals surface area contributed by atoms with Gasteiger partial charge in [-0.1, -0.05) is 30.6 Å². The van der Waals surface area contributed by atoms with Crippen LogP contribution in [0.5, 0.6) is 5.75 Å². The number of alkyl halides is 2. The summed E-state index contributed by atoms with van der Waals surface area (Å²) in [7, 11) is 0. The monoisotopic (exact) mass is 609 g/mol. The highest BCUT2D eigenvalue weighted by Crippen LogP contribution is 2.43. The maximum absolute atomic E-state index is 14.8. The van der Waals surface area contributed by atoms with Crippen LogP contribution in [-0.4, -0.2) is 70.3 Å². The van der Waals surface area contributed by atoms with Crippen LogP contribution < -0.4 is 15.9 Å². The number of hydrogen-bond acceptors (Lipinski definition) is 9. The van der Waals surface area contributed by atoms with Crippen LogP contribution in [0, 0.1) is 0 Å². The molecule has 1 aliphatic carbocycles. The van der Waals surface area contributed by atoms with Gasteiger partial charge in [0.1, 0.15) is 34.0 Å². The Morgan fingerprint density at radius 1 is 1.16 bits per heavy atom. The van der Waals surface area contributed by atoms with Gasteiger partial charge in [-0.3, -0.25) is 25.0 Å². The molecule has 3 N–H and O–H groups in total. The SMILES string of the molecule is CC(=O)N1CCC2=C(C1)c1cc(C(F)F)c(-c3nc4cc(C(N)=O)cnc4s3)cc1OCCN=CNN2C1CCCCC1. The third kappa shape index (κ3) is 5.90. The zero-order chi connectivity index (χ0) is 30.1. The molecule has 2 aliphatic heterocycles. The number of hydrazine groups is 1. The first-order valence-corrected chi connectivity index (χ1v) is 15.3. The summed E-state index contributed by atoms with van der Waals surface area (Å²) in [5, 5.41) is 2.47. The molecule has 2 aromatic heterocycles. The highest BCUT2D eigenvalue weighted by molar-refractivity contribution is 7.21. The van der Waals surface area contributed by atoms with E-state index in [1.807, 2.05) is 0 Å². The van der Waals surface area contributed by atoms with Crippen molar-refractivity contribution >= 4 is 45.4 Å². The fourth-order valence-corrected chi connectivity index (χ4v) is 6.97. The van der Waals surface area contributed by atoms with Crippen molar-refractivity contribution in [2.75, 3.05) is 26.2 Å². The number of thiazole rings is 1. The smallest absolute Gasteiger partial charge is 0.264 e. The molecule has 3 aliphatic rings. The molecular formula is C30H33F2N7O3S. The van der Waals surface area contributed by atoms with Crippen LogP contribution in [0.2, 0.25) is 0 Å². The van der Waals surface area contributed by atoms with Gasteiger partial charge in [0.2, 0.25) is 11.8 Å². The van der Waals surface area contributed by atoms with E-state index in [-0.39, 0.29) is 41.8 Å². The lowest BCUT2D eigenvalue weighted by Gasteiger charge is -2.41. The normalized spacial score (nSPS) is 18.1. The van der Waals surface area contributed by atoms with Crippen molar-refractivity contribution in [2.24, 2.45) is 10.7 Å². The van der Waals surface area contributed by atoms with Crippen molar-refractivity contribution in [3.63, 3.8) is 0 Å². The molecule has 3 aromatic rings. The Kier molecular flexibility index (Phi) is 8.24. The van der Waals surface area contributed by atoms with Gasteiger partial charge in [0.25, 0.3) is 6.43 Å². The zero-order valence-electron chi connectivity index (χ0n) is 23.8. The van der Waals surface area contributed by atoms with Gasteiger partial charge >= 0.3 is 0 Å². The minimum atomic E-state index is -2.81. The van der Waals surface area contributed by atoms with Crippen LogP contribution in [0.4, 0.5) is 8.78 Å². The number of aliphatic imine (C=N–C) groups is 1. The Hall–Kier alpha value is -4.13. The van der Waals surface area contributed by atoms with Crippen LogP contribution in [-0.2, 0) is 4.79 Å². The molecule has 226 valence electrons. The maximum Gasteiger partial charge on any atom is 0.264 e. The van der Waals surface area contributed by atoms with E-state index in [1.54, 1.807) is 17.3 Å². The summed E-state index contributed by atoms with van der Waals surface area (Å²) in [6.45, 7) is 2.91. The topological polar surface area (TPSA) is 126 Å². The van der Waals surface area contributed by atoms with Gasteiger partial charge in [-0.25, -0.2) is 18.7 Å². The number of primary amides is 1. The van der Waals surface area contributed by atoms with Gasteiger partial charge in [-0.2, -0.15) is 0 Å². The molecule has 1 saturated carbocycles. The van der Waals surface area contributed by atoms with Crippen molar-refractivity contribution < 1.29 is 23.1 Å². The van der Waals surface area contributed by atoms with Gasteiger partial charge in [0.15, 0.2) is 0 Å². The minimum Gasteiger partial charge on any atom is -0.491 e. The van der Waals surface area contributed by atoms with Crippen LogP contribution >= 0.6 is 11.3 Å². The third-order valence-electron chi connectivity index (χ3n) is 8.23. The number of fused-ring (bicyclic) bond motifs is 3. The zero-order valence-corrected chi connectivity index (χ0v) is 24.6. The molecule has 0 atom stereocenters. The molecule has 4 heterocycles. The Morgan fingerprint density at radius 2 is 1.98 bits per heavy atom. The van der Waals surface area contributed by atoms with Crippen molar-refractivity contribution in [3.05, 3.63) is 46.8 Å². The van der Waals surface area contributed by atoms with Crippen molar-refractivity contribution in [3.8, 4) is 16.3 Å². The number of carbonyl (C=O) groups excluding carboxylic acids is 2. The number of nitrogens with two attached hydrogens (primary N) is 1. The number of ether oxygens (including phenoxy) is 1. The second-order valence-corrected chi connectivity index (χ2v) is 11.9. The average molecular weight is 610 g/mol. The van der Waals surface area contributed by atoms with Crippen molar-refractivity contribution in [1.29, 1.82) is 0 Å². The van der Waals surface area contributed by atoms with E-state index in [4.69, 9.17) is 10.5 Å². The lowest BCUT2D eigenvalue weighted by molar-refractivity contribution is -0.128. The molecule has 10 nitrogen and oxygen atoms in total. The predicted molar refractivity (Wildman–Crippen MR) is 161 cm³/mol. The van der Waals surface area contributed by atoms with Gasteiger partial charge in [-0.05, 0) is 31.0 Å². The number of nitrogens with zero attached hydrogens (tertiary/aromatic N) is 5. The number of rotatable bonds is 4. The lowest BCUT2D eigenvalue weighted by atomic mass is 9.90. The largest absolute Gasteiger partial charge is 0.491 e. The first-order valence-electron chi connectivity index (χ1n) is 14.5. The van der Waals surface area contributed by atoms with E-state index in [9.17, 15) is 18.4 Å². The fourth-order valence-electron chi connectivity index (χ4n) is 6.04. The van der Waals surface area contributed by atoms with Crippen molar-refractivity contribution in [1.82, 2.24) is 25.3 Å². The van der Waals surface area contributed by atoms with Crippen LogP contribution in [0.15, 0.2) is 35.1 Å². The van der Waals surface area contributed by atoms with E-state index in [0.29, 0.717) is 46.2 Å². The van der Waals surface area contributed by atoms with Crippen LogP contribution in [0.25, 0.3) is 26.5 Å². The lowest BCUT2D eigenvalue weighted by Crippen LogP contribution is -2.48. The maximum atomic E-state index is 14.8. The molecule has 1 aromatic carbocycles. The fraction of sp³-hybridized carbons (Fsp3) is 0.433. The summed E-state index contributed by atoms with van der Waals surface area (Å²) < 4.78 is 35.9. The summed E-state index contributed by atoms with van der Waals surface area (Å²) in [5.74, 6) is -0.307. The number of halogens is 2. The number of benzene rings is 1. The Bertz CT molecular complexity index is 1620. The first kappa shape index (κ1) is 29.0. The molecule has 0 radical (unpaired) electrons. The summed E-state index contributed by atoms with van der Waals surface area (Å²) in [6, 6.07) is 4.82. The van der Waals surface area contributed by atoms with E-state index in [2.05, 4.69) is 25.4 Å². The predicted octanol–water partition coefficient (Wildman–Crippen LogP) is 4.92. The van der Waals surface area contributed by atoms with Gasteiger partial charge in [0, 0.05) is 60.6 Å². The molecule has 0 spiro atoms. The highest BCUT2D eigenvalue weighted by atomic mass is 32.1. The van der Waals surface area contributed by atoms with E-state index >= 15 is 0 Å².